The highest BCUT2D eigenvalue weighted by Crippen LogP contribution is 2.21. The van der Waals surface area contributed by atoms with Crippen LogP contribution in [0.25, 0.3) is 11.1 Å². The normalized spacial score (nSPS) is 11.9. The fourth-order valence-electron chi connectivity index (χ4n) is 2.36. The number of anilines is 1. The number of amidine groups is 1. The van der Waals surface area contributed by atoms with E-state index < -0.39 is 0 Å². The molecule has 0 unspecified atom stereocenters. The summed E-state index contributed by atoms with van der Waals surface area (Å²) in [5, 5.41) is 12.7. The second-order valence-electron chi connectivity index (χ2n) is 5.44. The number of rotatable bonds is 4. The topological polar surface area (TPSA) is 75.1 Å². The quantitative estimate of drug-likeness (QED) is 0.234. The van der Waals surface area contributed by atoms with Crippen molar-refractivity contribution >= 4 is 28.6 Å². The summed E-state index contributed by atoms with van der Waals surface area (Å²) in [5.74, 6) is 0.428. The van der Waals surface area contributed by atoms with E-state index in [-0.39, 0.29) is 6.01 Å². The van der Waals surface area contributed by atoms with Crippen molar-refractivity contribution in [3.8, 4) is 0 Å². The number of hydrogen-bond acceptors (Lipinski definition) is 5. The zero-order valence-corrected chi connectivity index (χ0v) is 13.8. The van der Waals surface area contributed by atoms with E-state index in [0.717, 1.165) is 16.8 Å². The monoisotopic (exact) mass is 341 g/mol. The van der Waals surface area contributed by atoms with Gasteiger partial charge in [0.15, 0.2) is 5.58 Å². The van der Waals surface area contributed by atoms with Crippen molar-refractivity contribution < 1.29 is 4.42 Å². The second kappa shape index (κ2) is 7.40. The van der Waals surface area contributed by atoms with Gasteiger partial charge in [0.05, 0.1) is 5.69 Å². The van der Waals surface area contributed by atoms with Crippen LogP contribution < -0.4 is 5.43 Å². The Morgan fingerprint density at radius 1 is 0.808 bits per heavy atom. The lowest BCUT2D eigenvalue weighted by Crippen LogP contribution is -2.00. The number of fused-ring (bicyclic) bond motifs is 1. The molecule has 0 saturated heterocycles. The second-order valence-corrected chi connectivity index (χ2v) is 5.44. The minimum Gasteiger partial charge on any atom is -0.421 e. The molecule has 1 heterocycles. The smallest absolute Gasteiger partial charge is 0.342 e. The summed E-state index contributed by atoms with van der Waals surface area (Å²) < 4.78 is 5.57. The number of para-hydroxylation sites is 3. The summed E-state index contributed by atoms with van der Waals surface area (Å²) in [6.07, 6.45) is 0. The fourth-order valence-corrected chi connectivity index (χ4v) is 2.36. The predicted molar refractivity (Wildman–Crippen MR) is 102 cm³/mol. The van der Waals surface area contributed by atoms with Gasteiger partial charge in [-0.05, 0) is 24.3 Å². The summed E-state index contributed by atoms with van der Waals surface area (Å²) in [7, 11) is 0. The number of hydrogen-bond donors (Lipinski definition) is 1. The van der Waals surface area contributed by atoms with Crippen molar-refractivity contribution in [3.05, 3.63) is 90.5 Å². The Hall–Kier alpha value is -3.80. The standard InChI is InChI=1S/C20H15N5O/c1-3-9-15(10-4-1)19(23-22-16-11-5-2-6-12-16)24-25-20-21-17-13-7-8-14-18(17)26-20/h1-14,22H/b23-19+,25-24?. The van der Waals surface area contributed by atoms with Crippen LogP contribution in [0.2, 0.25) is 0 Å². The van der Waals surface area contributed by atoms with E-state index in [9.17, 15) is 0 Å². The number of nitrogens with one attached hydrogen (secondary N) is 1. The molecule has 26 heavy (non-hydrogen) atoms. The van der Waals surface area contributed by atoms with Gasteiger partial charge in [-0.2, -0.15) is 10.1 Å². The lowest BCUT2D eigenvalue weighted by Gasteiger charge is -2.02. The van der Waals surface area contributed by atoms with E-state index in [0.29, 0.717) is 11.4 Å². The predicted octanol–water partition coefficient (Wildman–Crippen LogP) is 5.39. The van der Waals surface area contributed by atoms with E-state index in [1.807, 2.05) is 84.9 Å². The molecule has 0 fully saturated rings. The lowest BCUT2D eigenvalue weighted by atomic mass is 10.2. The van der Waals surface area contributed by atoms with E-state index in [4.69, 9.17) is 4.42 Å². The van der Waals surface area contributed by atoms with Gasteiger partial charge in [-0.3, -0.25) is 5.43 Å². The van der Waals surface area contributed by atoms with Gasteiger partial charge >= 0.3 is 6.01 Å². The summed E-state index contributed by atoms with van der Waals surface area (Å²) in [6, 6.07) is 26.9. The third-order valence-electron chi connectivity index (χ3n) is 3.61. The average Bonchev–Trinajstić information content (AvgIpc) is 3.12. The molecule has 1 N–H and O–H groups in total. The summed E-state index contributed by atoms with van der Waals surface area (Å²) in [4.78, 5) is 4.29. The third-order valence-corrected chi connectivity index (χ3v) is 3.61. The first-order valence-corrected chi connectivity index (χ1v) is 8.10. The molecule has 4 aromatic rings. The zero-order valence-electron chi connectivity index (χ0n) is 13.8. The molecule has 6 heteroatoms. The molecule has 3 aromatic carbocycles. The molecule has 0 bridgehead atoms. The minimum absolute atomic E-state index is 0.189. The zero-order chi connectivity index (χ0) is 17.6. The van der Waals surface area contributed by atoms with Gasteiger partial charge in [-0.15, -0.1) is 5.11 Å². The Kier molecular flexibility index (Phi) is 4.47. The fraction of sp³-hybridized carbons (Fsp3) is 0. The van der Waals surface area contributed by atoms with E-state index in [2.05, 4.69) is 25.7 Å². The van der Waals surface area contributed by atoms with E-state index >= 15 is 0 Å². The number of azo groups is 1. The first kappa shape index (κ1) is 15.7. The van der Waals surface area contributed by atoms with Gasteiger partial charge in [-0.1, -0.05) is 65.8 Å². The molecule has 0 amide bonds. The molecule has 0 aliphatic heterocycles. The number of aromatic nitrogens is 1. The van der Waals surface area contributed by atoms with Gasteiger partial charge in [0.1, 0.15) is 5.52 Å². The molecule has 0 radical (unpaired) electrons. The molecular formula is C20H15N5O. The van der Waals surface area contributed by atoms with Crippen LogP contribution in [0.15, 0.2) is 105 Å². The molecule has 1 aromatic heterocycles. The molecule has 0 atom stereocenters. The molecular weight excluding hydrogens is 326 g/mol. The van der Waals surface area contributed by atoms with Crippen molar-refractivity contribution in [2.24, 2.45) is 15.3 Å². The van der Waals surface area contributed by atoms with Crippen LogP contribution in [0.1, 0.15) is 5.56 Å². The van der Waals surface area contributed by atoms with E-state index in [1.54, 1.807) is 0 Å². The average molecular weight is 341 g/mol. The first-order chi connectivity index (χ1) is 12.9. The summed E-state index contributed by atoms with van der Waals surface area (Å²) in [6.45, 7) is 0. The minimum atomic E-state index is 0.189. The van der Waals surface area contributed by atoms with Gasteiger partial charge in [-0.25, -0.2) is 0 Å². The van der Waals surface area contributed by atoms with Gasteiger partial charge < -0.3 is 4.42 Å². The number of benzene rings is 3. The molecule has 4 rings (SSSR count). The highest BCUT2D eigenvalue weighted by Gasteiger charge is 2.06. The van der Waals surface area contributed by atoms with Gasteiger partial charge in [0, 0.05) is 5.56 Å². The van der Waals surface area contributed by atoms with Crippen LogP contribution >= 0.6 is 0 Å². The molecule has 0 saturated carbocycles. The van der Waals surface area contributed by atoms with E-state index in [1.165, 1.54) is 0 Å². The van der Waals surface area contributed by atoms with Gasteiger partial charge in [0.2, 0.25) is 5.84 Å². The highest BCUT2D eigenvalue weighted by molar-refractivity contribution is 5.99. The van der Waals surface area contributed by atoms with Crippen molar-refractivity contribution in [2.45, 2.75) is 0 Å². The highest BCUT2D eigenvalue weighted by atomic mass is 16.4. The molecule has 6 nitrogen and oxygen atoms in total. The van der Waals surface area contributed by atoms with Crippen LogP contribution in [0.5, 0.6) is 0 Å². The van der Waals surface area contributed by atoms with Crippen LogP contribution in [0.4, 0.5) is 11.7 Å². The van der Waals surface area contributed by atoms with Gasteiger partial charge in [0.25, 0.3) is 0 Å². The summed E-state index contributed by atoms with van der Waals surface area (Å²) >= 11 is 0. The molecule has 0 spiro atoms. The Morgan fingerprint density at radius 3 is 2.27 bits per heavy atom. The van der Waals surface area contributed by atoms with Crippen LogP contribution in [-0.4, -0.2) is 10.8 Å². The molecule has 126 valence electrons. The number of hydrazone groups is 1. The van der Waals surface area contributed by atoms with Crippen molar-refractivity contribution in [1.82, 2.24) is 4.98 Å². The molecule has 0 aliphatic rings. The Labute approximate surface area is 149 Å². The summed E-state index contributed by atoms with van der Waals surface area (Å²) in [5.41, 5.74) is 6.08. The largest absolute Gasteiger partial charge is 0.421 e. The Morgan fingerprint density at radius 2 is 1.50 bits per heavy atom. The molecule has 0 aliphatic carbocycles. The van der Waals surface area contributed by atoms with Crippen LogP contribution in [0, 0.1) is 0 Å². The Bertz CT molecular complexity index is 1020. The maximum atomic E-state index is 5.57. The number of nitrogens with zero attached hydrogens (tertiary/aromatic N) is 4. The maximum absolute atomic E-state index is 5.57. The van der Waals surface area contributed by atoms with Crippen molar-refractivity contribution in [3.63, 3.8) is 0 Å². The SMILES string of the molecule is c1ccc(N/N=C(/N=Nc2nc3ccccc3o2)c2ccccc2)cc1. The number of oxazole rings is 1. The first-order valence-electron chi connectivity index (χ1n) is 8.10. The van der Waals surface area contributed by atoms with Crippen molar-refractivity contribution in [1.29, 1.82) is 0 Å². The van der Waals surface area contributed by atoms with Crippen LogP contribution in [0.3, 0.4) is 0 Å². The maximum Gasteiger partial charge on any atom is 0.342 e. The van der Waals surface area contributed by atoms with Crippen LogP contribution in [-0.2, 0) is 0 Å². The Balaban J connectivity index is 1.64. The lowest BCUT2D eigenvalue weighted by molar-refractivity contribution is 0.607. The van der Waals surface area contributed by atoms with Crippen molar-refractivity contribution in [2.75, 3.05) is 5.43 Å². The third kappa shape index (κ3) is 3.64.